The van der Waals surface area contributed by atoms with E-state index in [4.69, 9.17) is 27.9 Å². The summed E-state index contributed by atoms with van der Waals surface area (Å²) in [6.45, 7) is 4.19. The van der Waals surface area contributed by atoms with Crippen LogP contribution in [0.4, 0.5) is 0 Å². The van der Waals surface area contributed by atoms with Crippen molar-refractivity contribution < 1.29 is 4.74 Å². The molecule has 1 nitrogen and oxygen atoms in total. The molecule has 0 bridgehead atoms. The lowest BCUT2D eigenvalue weighted by atomic mass is 10.0. The molecule has 0 amide bonds. The molecule has 23 heavy (non-hydrogen) atoms. The Morgan fingerprint density at radius 1 is 0.739 bits per heavy atom. The average molecular weight is 351 g/mol. The van der Waals surface area contributed by atoms with E-state index in [0.29, 0.717) is 11.8 Å². The second kappa shape index (κ2) is 9.20. The Labute approximate surface area is 149 Å². The molecule has 3 heteroatoms. The van der Waals surface area contributed by atoms with Crippen LogP contribution in [0.15, 0.2) is 36.4 Å². The normalized spacial score (nSPS) is 10.8. The molecule has 2 aromatic carbocycles. The van der Waals surface area contributed by atoms with Crippen LogP contribution in [-0.2, 0) is 12.8 Å². The number of aryl methyl sites for hydroxylation is 4. The van der Waals surface area contributed by atoms with Gasteiger partial charge < -0.3 is 4.74 Å². The van der Waals surface area contributed by atoms with Gasteiger partial charge in [-0.15, -0.1) is 23.2 Å². The van der Waals surface area contributed by atoms with Crippen LogP contribution in [0.25, 0.3) is 0 Å². The molecule has 0 unspecified atom stereocenters. The van der Waals surface area contributed by atoms with Crippen LogP contribution in [0.1, 0.15) is 35.1 Å². The molecule has 0 fully saturated rings. The van der Waals surface area contributed by atoms with E-state index in [2.05, 4.69) is 50.2 Å². The maximum absolute atomic E-state index is 6.41. The van der Waals surface area contributed by atoms with Crippen LogP contribution in [0, 0.1) is 13.8 Å². The third kappa shape index (κ3) is 4.89. The zero-order valence-corrected chi connectivity index (χ0v) is 15.4. The molecule has 0 saturated carbocycles. The van der Waals surface area contributed by atoms with E-state index in [9.17, 15) is 0 Å². The number of para-hydroxylation sites is 2. The molecule has 0 saturated heterocycles. The zero-order chi connectivity index (χ0) is 16.7. The van der Waals surface area contributed by atoms with Crippen molar-refractivity contribution in [1.29, 1.82) is 0 Å². The molecule has 124 valence electrons. The van der Waals surface area contributed by atoms with Crippen LogP contribution in [0.5, 0.6) is 11.5 Å². The summed E-state index contributed by atoms with van der Waals surface area (Å²) in [5, 5.41) is 0. The zero-order valence-electron chi connectivity index (χ0n) is 13.9. The molecule has 0 aromatic heterocycles. The molecule has 0 spiro atoms. The fourth-order valence-corrected chi connectivity index (χ4v) is 3.00. The summed E-state index contributed by atoms with van der Waals surface area (Å²) in [4.78, 5) is 0. The lowest BCUT2D eigenvalue weighted by Gasteiger charge is -2.18. The highest BCUT2D eigenvalue weighted by Crippen LogP contribution is 2.34. The molecule has 0 aliphatic carbocycles. The summed E-state index contributed by atoms with van der Waals surface area (Å²) < 4.78 is 6.41. The standard InChI is InChI=1S/C20H24Cl2O/c1-15-7-3-9-17(11-5-13-21)19(15)23-20-16(2)8-4-10-18(20)12-6-14-22/h3-4,7-10H,5-6,11-14H2,1-2H3. The van der Waals surface area contributed by atoms with Gasteiger partial charge in [-0.3, -0.25) is 0 Å². The average Bonchev–Trinajstić information content (AvgIpc) is 2.55. The molecule has 0 aliphatic heterocycles. The second-order valence-electron chi connectivity index (χ2n) is 5.81. The highest BCUT2D eigenvalue weighted by Gasteiger charge is 2.13. The van der Waals surface area contributed by atoms with E-state index in [-0.39, 0.29) is 0 Å². The van der Waals surface area contributed by atoms with Gasteiger partial charge in [0, 0.05) is 11.8 Å². The predicted molar refractivity (Wildman–Crippen MR) is 101 cm³/mol. The van der Waals surface area contributed by atoms with Crippen molar-refractivity contribution in [3.05, 3.63) is 58.7 Å². The Bertz CT molecular complexity index is 582. The third-order valence-corrected chi connectivity index (χ3v) is 4.49. The lowest BCUT2D eigenvalue weighted by molar-refractivity contribution is 0.462. The number of halogens is 2. The fraction of sp³-hybridized carbons (Fsp3) is 0.400. The molecule has 0 N–H and O–H groups in total. The van der Waals surface area contributed by atoms with Crippen LogP contribution in [0.2, 0.25) is 0 Å². The Hall–Kier alpha value is -1.18. The smallest absolute Gasteiger partial charge is 0.133 e. The predicted octanol–water partition coefficient (Wildman–Crippen LogP) is 6.44. The first kappa shape index (κ1) is 18.2. The topological polar surface area (TPSA) is 9.23 Å². The SMILES string of the molecule is Cc1cccc(CCCCl)c1Oc1c(C)cccc1CCCCl. The van der Waals surface area contributed by atoms with E-state index in [1.54, 1.807) is 0 Å². The number of ether oxygens (including phenoxy) is 1. The molecule has 2 rings (SSSR count). The number of benzene rings is 2. The highest BCUT2D eigenvalue weighted by atomic mass is 35.5. The Morgan fingerprint density at radius 2 is 1.17 bits per heavy atom. The van der Waals surface area contributed by atoms with Gasteiger partial charge in [-0.05, 0) is 61.8 Å². The summed E-state index contributed by atoms with van der Waals surface area (Å²) in [7, 11) is 0. The van der Waals surface area contributed by atoms with Crippen LogP contribution in [0.3, 0.4) is 0 Å². The summed E-state index contributed by atoms with van der Waals surface area (Å²) in [6, 6.07) is 12.6. The van der Waals surface area contributed by atoms with Crippen molar-refractivity contribution in [2.45, 2.75) is 39.5 Å². The Kier molecular flexibility index (Phi) is 7.26. The van der Waals surface area contributed by atoms with E-state index < -0.39 is 0 Å². The molecule has 0 aliphatic rings. The van der Waals surface area contributed by atoms with Gasteiger partial charge in [0.25, 0.3) is 0 Å². The van der Waals surface area contributed by atoms with E-state index >= 15 is 0 Å². The first-order valence-electron chi connectivity index (χ1n) is 8.14. The van der Waals surface area contributed by atoms with Gasteiger partial charge in [0.1, 0.15) is 11.5 Å². The van der Waals surface area contributed by atoms with Crippen molar-refractivity contribution in [3.63, 3.8) is 0 Å². The third-order valence-electron chi connectivity index (χ3n) is 3.95. The van der Waals surface area contributed by atoms with Crippen LogP contribution >= 0.6 is 23.2 Å². The number of hydrogen-bond donors (Lipinski definition) is 0. The van der Waals surface area contributed by atoms with Gasteiger partial charge in [-0.2, -0.15) is 0 Å². The Morgan fingerprint density at radius 3 is 1.57 bits per heavy atom. The summed E-state index contributed by atoms with van der Waals surface area (Å²) in [5.41, 5.74) is 4.75. The minimum atomic E-state index is 0.665. The first-order valence-corrected chi connectivity index (χ1v) is 9.21. The fourth-order valence-electron chi connectivity index (χ4n) is 2.73. The van der Waals surface area contributed by atoms with Crippen LogP contribution in [-0.4, -0.2) is 11.8 Å². The van der Waals surface area contributed by atoms with Gasteiger partial charge in [-0.25, -0.2) is 0 Å². The van der Waals surface area contributed by atoms with E-state index in [1.807, 2.05) is 0 Å². The van der Waals surface area contributed by atoms with Crippen molar-refractivity contribution in [2.24, 2.45) is 0 Å². The number of hydrogen-bond acceptors (Lipinski definition) is 1. The van der Waals surface area contributed by atoms with Crippen LogP contribution < -0.4 is 4.74 Å². The van der Waals surface area contributed by atoms with Gasteiger partial charge in [0.2, 0.25) is 0 Å². The molecular weight excluding hydrogens is 327 g/mol. The molecule has 2 aromatic rings. The van der Waals surface area contributed by atoms with Gasteiger partial charge in [-0.1, -0.05) is 36.4 Å². The minimum Gasteiger partial charge on any atom is -0.456 e. The maximum atomic E-state index is 6.41. The van der Waals surface area contributed by atoms with Crippen molar-refractivity contribution in [3.8, 4) is 11.5 Å². The second-order valence-corrected chi connectivity index (χ2v) is 6.57. The summed E-state index contributed by atoms with van der Waals surface area (Å²) in [5.74, 6) is 3.27. The summed E-state index contributed by atoms with van der Waals surface area (Å²) >= 11 is 11.7. The van der Waals surface area contributed by atoms with Gasteiger partial charge in [0.15, 0.2) is 0 Å². The molecule has 0 atom stereocenters. The van der Waals surface area contributed by atoms with Gasteiger partial charge in [0.05, 0.1) is 0 Å². The highest BCUT2D eigenvalue weighted by molar-refractivity contribution is 6.18. The Balaban J connectivity index is 2.35. The molecule has 0 radical (unpaired) electrons. The monoisotopic (exact) mass is 350 g/mol. The van der Waals surface area contributed by atoms with Gasteiger partial charge >= 0.3 is 0 Å². The quantitative estimate of drug-likeness (QED) is 0.497. The van der Waals surface area contributed by atoms with Crippen molar-refractivity contribution in [2.75, 3.05) is 11.8 Å². The van der Waals surface area contributed by atoms with E-state index in [0.717, 1.165) is 48.3 Å². The van der Waals surface area contributed by atoms with Crippen molar-refractivity contribution in [1.82, 2.24) is 0 Å². The lowest BCUT2D eigenvalue weighted by Crippen LogP contribution is -2.00. The number of alkyl halides is 2. The van der Waals surface area contributed by atoms with E-state index in [1.165, 1.54) is 11.1 Å². The minimum absolute atomic E-state index is 0.665. The number of rotatable bonds is 8. The maximum Gasteiger partial charge on any atom is 0.133 e. The molecular formula is C20H24Cl2O. The summed E-state index contributed by atoms with van der Waals surface area (Å²) in [6.07, 6.45) is 3.77. The van der Waals surface area contributed by atoms with Crippen molar-refractivity contribution >= 4 is 23.2 Å². The largest absolute Gasteiger partial charge is 0.456 e. The molecule has 0 heterocycles. The first-order chi connectivity index (χ1) is 11.2.